The van der Waals surface area contributed by atoms with Gasteiger partial charge in [-0.25, -0.2) is 0 Å². The van der Waals surface area contributed by atoms with Gasteiger partial charge >= 0.3 is 6.18 Å². The number of anilines is 1. The predicted molar refractivity (Wildman–Crippen MR) is 111 cm³/mol. The molecular formula is C23H24F3N3O2. The Labute approximate surface area is 179 Å². The van der Waals surface area contributed by atoms with Crippen molar-refractivity contribution in [3.05, 3.63) is 59.2 Å². The molecule has 0 spiro atoms. The van der Waals surface area contributed by atoms with Gasteiger partial charge in [-0.2, -0.15) is 18.4 Å². The summed E-state index contributed by atoms with van der Waals surface area (Å²) in [4.78, 5) is 12.9. The Morgan fingerprint density at radius 3 is 2.48 bits per heavy atom. The van der Waals surface area contributed by atoms with Gasteiger partial charge in [-0.05, 0) is 61.1 Å². The average Bonchev–Trinajstić information content (AvgIpc) is 3.54. The van der Waals surface area contributed by atoms with Gasteiger partial charge in [0.15, 0.2) is 0 Å². The first kappa shape index (κ1) is 22.5. The Bertz CT molecular complexity index is 948. The van der Waals surface area contributed by atoms with Crippen LogP contribution in [0.4, 0.5) is 18.9 Å². The van der Waals surface area contributed by atoms with Crippen LogP contribution in [-0.4, -0.2) is 25.6 Å². The fourth-order valence-corrected chi connectivity index (χ4v) is 3.35. The summed E-state index contributed by atoms with van der Waals surface area (Å²) in [5, 5.41) is 9.01. The summed E-state index contributed by atoms with van der Waals surface area (Å²) in [7, 11) is 0. The quantitative estimate of drug-likeness (QED) is 0.569. The lowest BCUT2D eigenvalue weighted by atomic mass is 10.1. The number of nitrogens with two attached hydrogens (primary N) is 1. The fourth-order valence-electron chi connectivity index (χ4n) is 3.35. The third-order valence-corrected chi connectivity index (χ3v) is 5.11. The molecule has 2 N–H and O–H groups in total. The van der Waals surface area contributed by atoms with Crippen molar-refractivity contribution in [1.82, 2.24) is 0 Å². The molecule has 0 heterocycles. The third kappa shape index (κ3) is 6.64. The minimum Gasteiger partial charge on any atom is -0.494 e. The molecule has 0 radical (unpaired) electrons. The number of amides is 1. The number of hydrogen-bond donors (Lipinski definition) is 1. The minimum atomic E-state index is -4.57. The number of nitrogens with zero attached hydrogens (tertiary/aromatic N) is 2. The summed E-state index contributed by atoms with van der Waals surface area (Å²) >= 11 is 0. The normalized spacial score (nSPS) is 13.5. The zero-order chi connectivity index (χ0) is 22.4. The summed E-state index contributed by atoms with van der Waals surface area (Å²) in [6.45, 7) is 1.63. The maximum atomic E-state index is 13.3. The maximum absolute atomic E-state index is 13.3. The van der Waals surface area contributed by atoms with Gasteiger partial charge in [0.2, 0.25) is 5.91 Å². The average molecular weight is 431 g/mol. The lowest BCUT2D eigenvalue weighted by molar-refractivity contribution is -0.137. The molecule has 1 aliphatic carbocycles. The molecule has 1 amide bonds. The number of benzene rings is 2. The van der Waals surface area contributed by atoms with Crippen LogP contribution in [-0.2, 0) is 17.4 Å². The van der Waals surface area contributed by atoms with Crippen molar-refractivity contribution in [3.8, 4) is 11.8 Å². The molecule has 2 aromatic rings. The van der Waals surface area contributed by atoms with E-state index in [1.807, 2.05) is 4.90 Å². The second-order valence-electron chi connectivity index (χ2n) is 7.72. The van der Waals surface area contributed by atoms with Crippen LogP contribution >= 0.6 is 0 Å². The number of hydrogen-bond acceptors (Lipinski definition) is 4. The maximum Gasteiger partial charge on any atom is 0.417 e. The first-order valence-corrected chi connectivity index (χ1v) is 10.1. The van der Waals surface area contributed by atoms with Crippen molar-refractivity contribution >= 4 is 11.6 Å². The lowest BCUT2D eigenvalue weighted by Crippen LogP contribution is -2.28. The Morgan fingerprint density at radius 2 is 1.90 bits per heavy atom. The molecule has 0 unspecified atom stereocenters. The summed E-state index contributed by atoms with van der Waals surface area (Å²) in [6.07, 6.45) is -1.63. The van der Waals surface area contributed by atoms with Crippen molar-refractivity contribution in [1.29, 1.82) is 5.26 Å². The zero-order valence-corrected chi connectivity index (χ0v) is 17.0. The van der Waals surface area contributed by atoms with E-state index in [1.165, 1.54) is 6.07 Å². The van der Waals surface area contributed by atoms with E-state index in [0.717, 1.165) is 24.5 Å². The van der Waals surface area contributed by atoms with Crippen molar-refractivity contribution in [2.75, 3.05) is 24.6 Å². The largest absolute Gasteiger partial charge is 0.494 e. The van der Waals surface area contributed by atoms with Crippen molar-refractivity contribution < 1.29 is 22.7 Å². The highest BCUT2D eigenvalue weighted by molar-refractivity contribution is 5.76. The Balaban J connectivity index is 1.61. The molecule has 0 aromatic heterocycles. The van der Waals surface area contributed by atoms with Crippen molar-refractivity contribution in [3.63, 3.8) is 0 Å². The topological polar surface area (TPSA) is 79.3 Å². The van der Waals surface area contributed by atoms with Crippen LogP contribution < -0.4 is 15.4 Å². The number of rotatable bonds is 10. The number of halogens is 3. The van der Waals surface area contributed by atoms with Gasteiger partial charge < -0.3 is 15.4 Å². The summed E-state index contributed by atoms with van der Waals surface area (Å²) in [5.41, 5.74) is 5.17. The highest BCUT2D eigenvalue weighted by Crippen LogP contribution is 2.36. The highest BCUT2D eigenvalue weighted by Gasteiger charge is 2.34. The van der Waals surface area contributed by atoms with E-state index >= 15 is 0 Å². The SMILES string of the molecule is N#Cc1ccc(N(CCCOc2ccc(CC(N)=O)cc2)CC2CC2)cc1C(F)(F)F. The molecule has 164 valence electrons. The van der Waals surface area contributed by atoms with Crippen LogP contribution in [0.25, 0.3) is 0 Å². The molecule has 5 nitrogen and oxygen atoms in total. The zero-order valence-electron chi connectivity index (χ0n) is 17.0. The first-order chi connectivity index (χ1) is 14.8. The van der Waals surface area contributed by atoms with Crippen LogP contribution in [0.2, 0.25) is 0 Å². The monoisotopic (exact) mass is 431 g/mol. The molecule has 0 saturated heterocycles. The second kappa shape index (κ2) is 9.73. The fraction of sp³-hybridized carbons (Fsp3) is 0.391. The van der Waals surface area contributed by atoms with Crippen LogP contribution in [0.3, 0.4) is 0 Å². The van der Waals surface area contributed by atoms with E-state index in [2.05, 4.69) is 0 Å². The molecular weight excluding hydrogens is 407 g/mol. The predicted octanol–water partition coefficient (Wildman–Crippen LogP) is 4.29. The number of ether oxygens (including phenoxy) is 1. The third-order valence-electron chi connectivity index (χ3n) is 5.11. The minimum absolute atomic E-state index is 0.168. The highest BCUT2D eigenvalue weighted by atomic mass is 19.4. The second-order valence-corrected chi connectivity index (χ2v) is 7.72. The Morgan fingerprint density at radius 1 is 1.19 bits per heavy atom. The molecule has 0 aliphatic heterocycles. The van der Waals surface area contributed by atoms with E-state index in [1.54, 1.807) is 36.4 Å². The summed E-state index contributed by atoms with van der Waals surface area (Å²) < 4.78 is 45.7. The lowest BCUT2D eigenvalue weighted by Gasteiger charge is -2.26. The van der Waals surface area contributed by atoms with Crippen LogP contribution in [0.5, 0.6) is 5.75 Å². The number of primary amides is 1. The van der Waals surface area contributed by atoms with Crippen LogP contribution in [0.15, 0.2) is 42.5 Å². The molecule has 1 saturated carbocycles. The molecule has 3 rings (SSSR count). The number of carbonyl (C=O) groups is 1. The van der Waals surface area contributed by atoms with Gasteiger partial charge in [-0.1, -0.05) is 12.1 Å². The van der Waals surface area contributed by atoms with Gasteiger partial charge in [0.05, 0.1) is 30.2 Å². The Kier molecular flexibility index (Phi) is 7.06. The summed E-state index contributed by atoms with van der Waals surface area (Å²) in [6, 6.07) is 12.6. The van der Waals surface area contributed by atoms with Crippen LogP contribution in [0, 0.1) is 17.2 Å². The van der Waals surface area contributed by atoms with Gasteiger partial charge in [-0.15, -0.1) is 0 Å². The first-order valence-electron chi connectivity index (χ1n) is 10.1. The van der Waals surface area contributed by atoms with Gasteiger partial charge in [-0.3, -0.25) is 4.79 Å². The number of nitriles is 1. The molecule has 0 bridgehead atoms. The molecule has 1 aliphatic rings. The standard InChI is InChI=1S/C23H24F3N3O2/c24-23(25,26)21-13-19(7-6-18(21)14-27)29(15-17-2-3-17)10-1-11-31-20-8-4-16(5-9-20)12-22(28)30/h4-9,13,17H,1-3,10-12,15H2,(H2,28,30). The van der Waals surface area contributed by atoms with Crippen molar-refractivity contribution in [2.24, 2.45) is 11.7 Å². The van der Waals surface area contributed by atoms with Crippen molar-refractivity contribution in [2.45, 2.75) is 31.9 Å². The smallest absolute Gasteiger partial charge is 0.417 e. The summed E-state index contributed by atoms with van der Waals surface area (Å²) in [5.74, 6) is 0.740. The van der Waals surface area contributed by atoms with E-state index in [0.29, 0.717) is 43.5 Å². The number of alkyl halides is 3. The van der Waals surface area contributed by atoms with Gasteiger partial charge in [0.1, 0.15) is 5.75 Å². The Hall–Kier alpha value is -3.21. The van der Waals surface area contributed by atoms with Crippen LogP contribution in [0.1, 0.15) is 36.0 Å². The molecule has 1 fully saturated rings. The van der Waals surface area contributed by atoms with E-state index in [9.17, 15) is 18.0 Å². The molecule has 31 heavy (non-hydrogen) atoms. The number of carbonyl (C=O) groups excluding carboxylic acids is 1. The van der Waals surface area contributed by atoms with E-state index in [-0.39, 0.29) is 12.0 Å². The van der Waals surface area contributed by atoms with E-state index < -0.39 is 17.6 Å². The molecule has 2 aromatic carbocycles. The van der Waals surface area contributed by atoms with E-state index in [4.69, 9.17) is 15.7 Å². The molecule has 8 heteroatoms. The molecule has 0 atom stereocenters. The van der Waals surface area contributed by atoms with Gasteiger partial charge in [0, 0.05) is 18.8 Å². The van der Waals surface area contributed by atoms with Gasteiger partial charge in [0.25, 0.3) is 0 Å².